The number of benzene rings is 1. The zero-order valence-electron chi connectivity index (χ0n) is 12.8. The van der Waals surface area contributed by atoms with Crippen molar-refractivity contribution in [3.05, 3.63) is 57.5 Å². The highest BCUT2D eigenvalue weighted by atomic mass is 32.2. The molecule has 0 aliphatic carbocycles. The zero-order chi connectivity index (χ0) is 17.7. The Hall–Kier alpha value is -3.05. The van der Waals surface area contributed by atoms with Crippen molar-refractivity contribution in [3.8, 4) is 17.2 Å². The number of aromatic nitrogens is 1. The molecule has 24 heavy (non-hydrogen) atoms. The summed E-state index contributed by atoms with van der Waals surface area (Å²) in [5, 5.41) is 14.9. The minimum absolute atomic E-state index is 0.0947. The molecule has 0 spiro atoms. The number of nitrogens with zero attached hydrogens (tertiary/aromatic N) is 1. The quantitative estimate of drug-likeness (QED) is 0.406. The predicted octanol–water partition coefficient (Wildman–Crippen LogP) is 0.00718. The van der Waals surface area contributed by atoms with Gasteiger partial charge in [0.2, 0.25) is 0 Å². The number of esters is 1. The first-order valence-electron chi connectivity index (χ1n) is 6.83. The summed E-state index contributed by atoms with van der Waals surface area (Å²) in [6.45, 7) is 0. The molecule has 7 nitrogen and oxygen atoms in total. The molecule has 122 valence electrons. The van der Waals surface area contributed by atoms with Crippen LogP contribution in [0.5, 0.6) is 0 Å². The zero-order valence-corrected chi connectivity index (χ0v) is 13.6. The van der Waals surface area contributed by atoms with E-state index >= 15 is 0 Å². The number of hydrogen-bond donors (Lipinski definition) is 3. The van der Waals surface area contributed by atoms with Gasteiger partial charge >= 0.3 is 5.97 Å². The van der Waals surface area contributed by atoms with E-state index in [1.165, 1.54) is 7.11 Å². The smallest absolute Gasteiger partial charge is 0.340 e. The van der Waals surface area contributed by atoms with Gasteiger partial charge in [-0.15, -0.1) is 0 Å². The van der Waals surface area contributed by atoms with Gasteiger partial charge in [0.1, 0.15) is 11.6 Å². The van der Waals surface area contributed by atoms with Crippen LogP contribution >= 0.6 is 11.8 Å². The Bertz CT molecular complexity index is 885. The molecule has 2 rings (SSSR count). The van der Waals surface area contributed by atoms with E-state index in [1.807, 2.05) is 6.07 Å². The summed E-state index contributed by atoms with van der Waals surface area (Å²) in [5.41, 5.74) is 5.91. The van der Waals surface area contributed by atoms with Crippen LogP contribution in [0.3, 0.4) is 0 Å². The van der Waals surface area contributed by atoms with Gasteiger partial charge in [-0.2, -0.15) is 5.26 Å². The monoisotopic (exact) mass is 343 g/mol. The number of thioether (sulfide) groups is 1. The molecule has 1 heterocycles. The van der Waals surface area contributed by atoms with Crippen molar-refractivity contribution in [3.63, 3.8) is 0 Å². The van der Waals surface area contributed by atoms with Gasteiger partial charge in [0, 0.05) is 17.0 Å². The molecule has 5 N–H and O–H groups in total. The van der Waals surface area contributed by atoms with E-state index in [9.17, 15) is 14.9 Å². The van der Waals surface area contributed by atoms with Crippen LogP contribution in [-0.4, -0.2) is 23.2 Å². The maximum Gasteiger partial charge on any atom is 0.340 e. The molecule has 1 aromatic carbocycles. The first-order chi connectivity index (χ1) is 11.5. The Morgan fingerprint density at radius 2 is 2.08 bits per heavy atom. The van der Waals surface area contributed by atoms with Gasteiger partial charge < -0.3 is 9.72 Å². The van der Waals surface area contributed by atoms with Crippen molar-refractivity contribution < 1.29 is 14.9 Å². The number of H-pyrrole nitrogens is 1. The highest BCUT2D eigenvalue weighted by molar-refractivity contribution is 8.12. The summed E-state index contributed by atoms with van der Waals surface area (Å²) in [6.07, 6.45) is 0. The number of rotatable bonds is 4. The number of carbonyl (C=O) groups excluding carboxylic acids is 1. The molecule has 0 amide bonds. The van der Waals surface area contributed by atoms with E-state index in [0.717, 1.165) is 11.8 Å². The number of pyridine rings is 1. The van der Waals surface area contributed by atoms with Gasteiger partial charge in [0.15, 0.2) is 0 Å². The fourth-order valence-electron chi connectivity index (χ4n) is 2.24. The van der Waals surface area contributed by atoms with Crippen LogP contribution in [0, 0.1) is 11.3 Å². The number of nitrogens with one attached hydrogen (secondary N) is 1. The third-order valence-electron chi connectivity index (χ3n) is 3.24. The lowest BCUT2D eigenvalue weighted by atomic mass is 9.95. The van der Waals surface area contributed by atoms with Crippen molar-refractivity contribution in [2.24, 2.45) is 5.73 Å². The molecule has 0 unspecified atom stereocenters. The summed E-state index contributed by atoms with van der Waals surface area (Å²) in [4.78, 5) is 27.1. The molecular weight excluding hydrogens is 328 g/mol. The van der Waals surface area contributed by atoms with Crippen molar-refractivity contribution in [1.29, 1.82) is 5.26 Å². The van der Waals surface area contributed by atoms with Gasteiger partial charge in [-0.3, -0.25) is 15.9 Å². The maximum atomic E-state index is 12.3. The molecule has 0 radical (unpaired) electrons. The van der Waals surface area contributed by atoms with E-state index in [-0.39, 0.29) is 27.6 Å². The van der Waals surface area contributed by atoms with Crippen LogP contribution in [0.15, 0.2) is 35.1 Å². The van der Waals surface area contributed by atoms with Crippen molar-refractivity contribution in [1.82, 2.24) is 4.98 Å². The minimum atomic E-state index is -0.659. The lowest BCUT2D eigenvalue weighted by molar-refractivity contribution is -0.110. The van der Waals surface area contributed by atoms with Crippen molar-refractivity contribution >= 4 is 22.9 Å². The first kappa shape index (κ1) is 17.3. The van der Waals surface area contributed by atoms with Gasteiger partial charge in [0.05, 0.1) is 12.7 Å². The molecule has 0 aliphatic rings. The summed E-state index contributed by atoms with van der Waals surface area (Å²) in [5.74, 6) is -0.499. The van der Waals surface area contributed by atoms with Crippen LogP contribution in [0.25, 0.3) is 11.1 Å². The Balaban J connectivity index is 2.82. The van der Waals surface area contributed by atoms with E-state index < -0.39 is 11.5 Å². The third-order valence-corrected chi connectivity index (χ3v) is 4.01. The van der Waals surface area contributed by atoms with Gasteiger partial charge in [-0.25, -0.2) is 4.79 Å². The fraction of sp³-hybridized carbons (Fsp3) is 0.125. The maximum absolute atomic E-state index is 12.3. The predicted molar refractivity (Wildman–Crippen MR) is 91.0 cm³/mol. The average molecular weight is 343 g/mol. The van der Waals surface area contributed by atoms with E-state index in [2.05, 4.69) is 4.98 Å². The lowest BCUT2D eigenvalue weighted by Gasteiger charge is -2.14. The summed E-state index contributed by atoms with van der Waals surface area (Å²) in [6, 6.07) is 10.6. The van der Waals surface area contributed by atoms with Crippen molar-refractivity contribution in [2.75, 3.05) is 7.11 Å². The second kappa shape index (κ2) is 7.48. The van der Waals surface area contributed by atoms with Crippen LogP contribution in [0.4, 0.5) is 0 Å². The van der Waals surface area contributed by atoms with E-state index in [4.69, 9.17) is 15.9 Å². The van der Waals surface area contributed by atoms with Gasteiger partial charge in [0.25, 0.3) is 10.7 Å². The number of amidine groups is 1. The number of methoxy groups -OCH3 is 1. The second-order valence-corrected chi connectivity index (χ2v) is 5.77. The molecule has 0 aliphatic heterocycles. The Morgan fingerprint density at radius 3 is 2.62 bits per heavy atom. The van der Waals surface area contributed by atoms with Crippen LogP contribution < -0.4 is 16.7 Å². The second-order valence-electron chi connectivity index (χ2n) is 4.72. The van der Waals surface area contributed by atoms with Crippen molar-refractivity contribution in [2.45, 2.75) is 5.75 Å². The fourth-order valence-corrected chi connectivity index (χ4v) is 2.77. The number of aromatic amines is 1. The number of nitrogens with two attached hydrogens (primary N) is 2. The van der Waals surface area contributed by atoms with Crippen LogP contribution in [-0.2, 0) is 10.5 Å². The highest BCUT2D eigenvalue weighted by Crippen LogP contribution is 2.29. The van der Waals surface area contributed by atoms with Gasteiger partial charge in [-0.1, -0.05) is 30.3 Å². The van der Waals surface area contributed by atoms with Crippen LogP contribution in [0.1, 0.15) is 21.6 Å². The normalized spacial score (nSPS) is 10.0. The van der Waals surface area contributed by atoms with E-state index in [1.54, 1.807) is 30.3 Å². The summed E-state index contributed by atoms with van der Waals surface area (Å²) < 4.78 is 4.84. The molecule has 0 saturated carbocycles. The summed E-state index contributed by atoms with van der Waals surface area (Å²) in [7, 11) is 1.23. The Kier molecular flexibility index (Phi) is 5.39. The number of hydrogen-bond acceptors (Lipinski definition) is 5. The molecule has 8 heteroatoms. The average Bonchev–Trinajstić information content (AvgIpc) is 2.59. The number of ether oxygens (including phenoxy) is 1. The molecule has 0 fully saturated rings. The number of carbonyl (C=O) groups is 1. The highest BCUT2D eigenvalue weighted by Gasteiger charge is 2.25. The van der Waals surface area contributed by atoms with Gasteiger partial charge in [-0.05, 0) is 17.3 Å². The Labute approximate surface area is 142 Å². The Morgan fingerprint density at radius 1 is 1.42 bits per heavy atom. The molecule has 2 aromatic rings. The summed E-state index contributed by atoms with van der Waals surface area (Å²) >= 11 is 1.06. The molecular formula is C16H15N4O3S+. The number of nitriles is 1. The minimum Gasteiger partial charge on any atom is -0.465 e. The molecule has 1 aromatic heterocycles. The SMILES string of the molecule is COC(=O)c1c(CSC(N)=[NH2+])[nH]c(=O)c(C#N)c1-c1ccccc1. The molecule has 0 saturated heterocycles. The largest absolute Gasteiger partial charge is 0.465 e. The molecule has 0 atom stereocenters. The third kappa shape index (κ3) is 3.47. The molecule has 0 bridgehead atoms. The van der Waals surface area contributed by atoms with E-state index in [0.29, 0.717) is 11.3 Å². The lowest BCUT2D eigenvalue weighted by Crippen LogP contribution is -2.43. The standard InChI is InChI=1S/C16H14N4O3S/c1-23-15(22)13-11(8-24-16(18)19)20-14(21)10(7-17)12(13)9-5-3-2-4-6-9/h2-6H,8H2,1H3,(H3,18,19)(H,20,21)/p+1. The van der Waals surface area contributed by atoms with Crippen LogP contribution in [0.2, 0.25) is 0 Å². The first-order valence-corrected chi connectivity index (χ1v) is 7.81. The topological polar surface area (TPSA) is 135 Å².